The minimum Gasteiger partial charge on any atom is -0.485 e. The van der Waals surface area contributed by atoms with E-state index in [-0.39, 0.29) is 24.7 Å². The largest absolute Gasteiger partial charge is 0.485 e. The molecule has 0 radical (unpaired) electrons. The highest BCUT2D eigenvalue weighted by Crippen LogP contribution is 2.23. The third-order valence-corrected chi connectivity index (χ3v) is 5.41. The van der Waals surface area contributed by atoms with Crippen LogP contribution in [0.5, 0.6) is 5.75 Å². The van der Waals surface area contributed by atoms with Crippen LogP contribution in [-0.2, 0) is 19.6 Å². The van der Waals surface area contributed by atoms with E-state index in [0.717, 1.165) is 11.3 Å². The molecule has 2 heterocycles. The number of hydrogen-bond acceptors (Lipinski definition) is 4. The molecule has 0 aliphatic carbocycles. The zero-order valence-corrected chi connectivity index (χ0v) is 19.2. The normalized spacial score (nSPS) is 10.7. The fourth-order valence-electron chi connectivity index (χ4n) is 3.23. The number of anilines is 1. The van der Waals surface area contributed by atoms with E-state index in [1.807, 2.05) is 30.3 Å². The molecule has 6 nitrogen and oxygen atoms in total. The van der Waals surface area contributed by atoms with E-state index < -0.39 is 5.91 Å². The van der Waals surface area contributed by atoms with E-state index in [1.165, 1.54) is 6.07 Å². The van der Waals surface area contributed by atoms with Crippen molar-refractivity contribution < 1.29 is 18.3 Å². The van der Waals surface area contributed by atoms with Crippen molar-refractivity contribution in [2.75, 3.05) is 5.32 Å². The molecule has 0 unspecified atom stereocenters. The summed E-state index contributed by atoms with van der Waals surface area (Å²) in [6.45, 7) is 4.18. The predicted molar refractivity (Wildman–Crippen MR) is 127 cm³/mol. The molecule has 0 bridgehead atoms. The Morgan fingerprint density at radius 3 is 2.70 bits per heavy atom. The zero-order chi connectivity index (χ0) is 23.2. The van der Waals surface area contributed by atoms with Crippen molar-refractivity contribution in [1.82, 2.24) is 9.78 Å². The summed E-state index contributed by atoms with van der Waals surface area (Å²) in [5.74, 6) is 0.923. The van der Waals surface area contributed by atoms with Gasteiger partial charge in [0, 0.05) is 11.8 Å². The van der Waals surface area contributed by atoms with Crippen LogP contribution >= 0.6 is 15.9 Å². The molecule has 33 heavy (non-hydrogen) atoms. The number of amides is 1. The van der Waals surface area contributed by atoms with Crippen molar-refractivity contribution in [3.63, 3.8) is 0 Å². The molecule has 0 spiro atoms. The smallest absolute Gasteiger partial charge is 0.292 e. The number of nitrogens with zero attached hydrogens (tertiary/aromatic N) is 2. The summed E-state index contributed by atoms with van der Waals surface area (Å²) >= 11 is 3.38. The molecule has 2 aromatic heterocycles. The Morgan fingerprint density at radius 1 is 1.15 bits per heavy atom. The highest BCUT2D eigenvalue weighted by molar-refractivity contribution is 9.10. The number of hydrogen-bond donors (Lipinski definition) is 1. The van der Waals surface area contributed by atoms with E-state index in [0.29, 0.717) is 28.0 Å². The molecule has 0 saturated heterocycles. The molecule has 0 aliphatic rings. The fraction of sp³-hybridized carbons (Fsp3) is 0.120. The summed E-state index contributed by atoms with van der Waals surface area (Å²) in [4.78, 5) is 12.6. The van der Waals surface area contributed by atoms with Gasteiger partial charge in [-0.25, -0.2) is 4.39 Å². The Balaban J connectivity index is 1.38. The Bertz CT molecular complexity index is 1280. The number of furan rings is 1. The van der Waals surface area contributed by atoms with Crippen molar-refractivity contribution in [2.45, 2.75) is 19.6 Å². The van der Waals surface area contributed by atoms with Gasteiger partial charge in [-0.05, 0) is 52.2 Å². The lowest BCUT2D eigenvalue weighted by molar-refractivity contribution is 0.0992. The molecule has 0 saturated carbocycles. The van der Waals surface area contributed by atoms with Gasteiger partial charge < -0.3 is 14.5 Å². The number of aromatic nitrogens is 2. The summed E-state index contributed by atoms with van der Waals surface area (Å²) in [5.41, 5.74) is 1.52. The molecule has 0 aliphatic heterocycles. The van der Waals surface area contributed by atoms with E-state index in [4.69, 9.17) is 9.15 Å². The topological polar surface area (TPSA) is 69.3 Å². The Hall–Kier alpha value is -3.65. The third kappa shape index (κ3) is 5.59. The first-order valence-corrected chi connectivity index (χ1v) is 11.0. The maximum Gasteiger partial charge on any atom is 0.292 e. The van der Waals surface area contributed by atoms with Crippen LogP contribution in [0.4, 0.5) is 10.2 Å². The monoisotopic (exact) mass is 509 g/mol. The SMILES string of the molecule is C=CCc1ccccc1OCc1ccc(C(=O)Nc2nn(Cc3ccccc3F)cc2Br)o1. The summed E-state index contributed by atoms with van der Waals surface area (Å²) in [6, 6.07) is 17.4. The summed E-state index contributed by atoms with van der Waals surface area (Å²) in [5, 5.41) is 7.02. The van der Waals surface area contributed by atoms with Crippen LogP contribution in [-0.4, -0.2) is 15.7 Å². The number of carbonyl (C=O) groups is 1. The predicted octanol–water partition coefficient (Wildman–Crippen LogP) is 5.99. The summed E-state index contributed by atoms with van der Waals surface area (Å²) < 4.78 is 27.5. The van der Waals surface area contributed by atoms with Gasteiger partial charge in [-0.1, -0.05) is 42.5 Å². The van der Waals surface area contributed by atoms with Gasteiger partial charge in [-0.15, -0.1) is 6.58 Å². The molecule has 2 aromatic carbocycles. The molecule has 0 atom stereocenters. The quantitative estimate of drug-likeness (QED) is 0.281. The van der Waals surface area contributed by atoms with Crippen molar-refractivity contribution in [1.29, 1.82) is 0 Å². The standard InChI is InChI=1S/C25H21BrFN3O3/c1-2-7-17-8-4-6-11-22(17)32-16-19-12-13-23(33-19)25(31)28-24-20(26)15-30(29-24)14-18-9-3-5-10-21(18)27/h2-6,8-13,15H,1,7,14,16H2,(H,28,29,31). The van der Waals surface area contributed by atoms with Crippen molar-refractivity contribution in [3.05, 3.63) is 112 Å². The highest BCUT2D eigenvalue weighted by atomic mass is 79.9. The Morgan fingerprint density at radius 2 is 1.91 bits per heavy atom. The minimum atomic E-state index is -0.454. The number of ether oxygens (including phenoxy) is 1. The Kier molecular flexibility index (Phi) is 7.04. The number of rotatable bonds is 9. The number of para-hydroxylation sites is 1. The van der Waals surface area contributed by atoms with E-state index in [9.17, 15) is 9.18 Å². The molecular weight excluding hydrogens is 489 g/mol. The maximum atomic E-state index is 13.9. The van der Waals surface area contributed by atoms with Crippen molar-refractivity contribution in [3.8, 4) is 5.75 Å². The first-order chi connectivity index (χ1) is 16.0. The van der Waals surface area contributed by atoms with Crippen LogP contribution in [0.3, 0.4) is 0 Å². The number of allylic oxidation sites excluding steroid dienone is 1. The molecule has 4 aromatic rings. The lowest BCUT2D eigenvalue weighted by Crippen LogP contribution is -2.12. The molecule has 4 rings (SSSR count). The Labute approximate surface area is 198 Å². The van der Waals surface area contributed by atoms with Gasteiger partial charge in [0.15, 0.2) is 11.6 Å². The average molecular weight is 510 g/mol. The van der Waals surface area contributed by atoms with Crippen LogP contribution in [0.1, 0.15) is 27.4 Å². The highest BCUT2D eigenvalue weighted by Gasteiger charge is 2.16. The van der Waals surface area contributed by atoms with Gasteiger partial charge in [0.05, 0.1) is 11.0 Å². The van der Waals surface area contributed by atoms with E-state index >= 15 is 0 Å². The molecule has 8 heteroatoms. The summed E-state index contributed by atoms with van der Waals surface area (Å²) in [7, 11) is 0. The second kappa shape index (κ2) is 10.3. The number of halogens is 2. The molecule has 0 fully saturated rings. The average Bonchev–Trinajstić information content (AvgIpc) is 3.42. The lowest BCUT2D eigenvalue weighted by Gasteiger charge is -2.08. The third-order valence-electron chi connectivity index (χ3n) is 4.83. The van der Waals surface area contributed by atoms with Crippen LogP contribution < -0.4 is 10.1 Å². The second-order valence-corrected chi connectivity index (χ2v) is 8.08. The second-order valence-electron chi connectivity index (χ2n) is 7.22. The van der Waals surface area contributed by atoms with Crippen LogP contribution in [0.25, 0.3) is 0 Å². The molecule has 1 N–H and O–H groups in total. The van der Waals surface area contributed by atoms with Gasteiger partial charge in [0.25, 0.3) is 5.91 Å². The molecule has 168 valence electrons. The van der Waals surface area contributed by atoms with Gasteiger partial charge >= 0.3 is 0 Å². The van der Waals surface area contributed by atoms with Crippen molar-refractivity contribution in [2.24, 2.45) is 0 Å². The zero-order valence-electron chi connectivity index (χ0n) is 17.6. The number of carbonyl (C=O) groups excluding carboxylic acids is 1. The lowest BCUT2D eigenvalue weighted by atomic mass is 10.1. The fourth-order valence-corrected chi connectivity index (χ4v) is 3.64. The van der Waals surface area contributed by atoms with Gasteiger partial charge in [0.1, 0.15) is 23.9 Å². The molecule has 1 amide bonds. The van der Waals surface area contributed by atoms with E-state index in [1.54, 1.807) is 41.2 Å². The first kappa shape index (κ1) is 22.5. The van der Waals surface area contributed by atoms with Gasteiger partial charge in [-0.2, -0.15) is 5.10 Å². The van der Waals surface area contributed by atoms with Crippen LogP contribution in [0, 0.1) is 5.82 Å². The van der Waals surface area contributed by atoms with Gasteiger partial charge in [0.2, 0.25) is 0 Å². The van der Waals surface area contributed by atoms with Crippen molar-refractivity contribution >= 4 is 27.7 Å². The molecular formula is C25H21BrFN3O3. The van der Waals surface area contributed by atoms with Crippen LogP contribution in [0.2, 0.25) is 0 Å². The minimum absolute atomic E-state index is 0.128. The van der Waals surface area contributed by atoms with Gasteiger partial charge in [-0.3, -0.25) is 9.48 Å². The van der Waals surface area contributed by atoms with Crippen LogP contribution in [0.15, 0.2) is 88.4 Å². The maximum absolute atomic E-state index is 13.9. The first-order valence-electron chi connectivity index (χ1n) is 10.2. The summed E-state index contributed by atoms with van der Waals surface area (Å²) in [6.07, 6.45) is 4.18. The number of nitrogens with one attached hydrogen (secondary N) is 1. The van der Waals surface area contributed by atoms with E-state index in [2.05, 4.69) is 32.9 Å². The number of benzene rings is 2.